The second kappa shape index (κ2) is 6.68. The van der Waals surface area contributed by atoms with E-state index in [1.54, 1.807) is 18.2 Å². The highest BCUT2D eigenvalue weighted by atomic mass is 35.5. The van der Waals surface area contributed by atoms with Crippen LogP contribution >= 0.6 is 11.6 Å². The summed E-state index contributed by atoms with van der Waals surface area (Å²) >= 11 is 6.10. The summed E-state index contributed by atoms with van der Waals surface area (Å²) in [6, 6.07) is 5.93. The van der Waals surface area contributed by atoms with Gasteiger partial charge < -0.3 is 5.32 Å². The molecule has 2 N–H and O–H groups in total. The number of alkyl halides is 1. The Hall–Kier alpha value is -2.28. The fourth-order valence-electron chi connectivity index (χ4n) is 2.48. The van der Waals surface area contributed by atoms with Crippen molar-refractivity contribution in [1.29, 1.82) is 5.41 Å². The monoisotopic (exact) mass is 352 g/mol. The van der Waals surface area contributed by atoms with Gasteiger partial charge in [-0.15, -0.1) is 0 Å². The average molecular weight is 353 g/mol. The first-order valence-corrected chi connectivity index (χ1v) is 7.80. The molecule has 1 aromatic carbocycles. The second-order valence-electron chi connectivity index (χ2n) is 5.66. The van der Waals surface area contributed by atoms with E-state index in [2.05, 4.69) is 10.4 Å². The summed E-state index contributed by atoms with van der Waals surface area (Å²) in [6.07, 6.45) is 1.85. The maximum absolute atomic E-state index is 13.6. The maximum atomic E-state index is 13.6. The number of amides is 1. The van der Waals surface area contributed by atoms with Crippen molar-refractivity contribution in [2.45, 2.75) is 19.0 Å². The zero-order valence-electron chi connectivity index (χ0n) is 12.6. The van der Waals surface area contributed by atoms with Crippen LogP contribution in [-0.4, -0.2) is 35.6 Å². The predicted octanol–water partition coefficient (Wildman–Crippen LogP) is 2.57. The van der Waals surface area contributed by atoms with E-state index in [9.17, 15) is 13.6 Å². The third-order valence-corrected chi connectivity index (χ3v) is 4.37. The van der Waals surface area contributed by atoms with Gasteiger partial charge in [0, 0.05) is 18.0 Å². The Morgan fingerprint density at radius 3 is 2.88 bits per heavy atom. The van der Waals surface area contributed by atoms with Crippen molar-refractivity contribution < 1.29 is 13.6 Å². The van der Waals surface area contributed by atoms with Crippen LogP contribution in [0.1, 0.15) is 12.0 Å². The van der Waals surface area contributed by atoms with E-state index in [0.717, 1.165) is 5.01 Å². The Bertz CT molecular complexity index is 749. The summed E-state index contributed by atoms with van der Waals surface area (Å²) in [7, 11) is 0. The van der Waals surface area contributed by atoms with Crippen molar-refractivity contribution in [3.63, 3.8) is 0 Å². The molecule has 1 aliphatic heterocycles. The lowest BCUT2D eigenvalue weighted by molar-refractivity contribution is -0.125. The fourth-order valence-corrected chi connectivity index (χ4v) is 2.69. The van der Waals surface area contributed by atoms with Crippen molar-refractivity contribution in [3.8, 4) is 0 Å². The normalized spacial score (nSPS) is 25.0. The van der Waals surface area contributed by atoms with E-state index in [0.29, 0.717) is 12.0 Å². The lowest BCUT2D eigenvalue weighted by Crippen LogP contribution is -2.40. The van der Waals surface area contributed by atoms with E-state index in [4.69, 9.17) is 17.0 Å². The highest BCUT2D eigenvalue weighted by Gasteiger charge is 2.46. The number of hydrogen-bond acceptors (Lipinski definition) is 4. The number of rotatable bonds is 5. The molecule has 0 bridgehead atoms. The molecule has 1 fully saturated rings. The van der Waals surface area contributed by atoms with Crippen molar-refractivity contribution in [3.05, 3.63) is 46.4 Å². The quantitative estimate of drug-likeness (QED) is 0.800. The first-order valence-electron chi connectivity index (χ1n) is 7.42. The Balaban J connectivity index is 1.72. The highest BCUT2D eigenvalue weighted by molar-refractivity contribution is 6.52. The molecule has 1 amide bonds. The molecule has 1 aromatic rings. The molecule has 1 saturated carbocycles. The minimum absolute atomic E-state index is 0.0397. The number of carbonyl (C=O) groups is 1. The Morgan fingerprint density at radius 1 is 1.46 bits per heavy atom. The first kappa shape index (κ1) is 16.6. The zero-order chi connectivity index (χ0) is 17.3. The molecule has 0 saturated heterocycles. The van der Waals surface area contributed by atoms with E-state index in [-0.39, 0.29) is 40.8 Å². The van der Waals surface area contributed by atoms with Gasteiger partial charge >= 0.3 is 0 Å². The van der Waals surface area contributed by atoms with Crippen LogP contribution in [0.3, 0.4) is 0 Å². The minimum Gasteiger partial charge on any atom is -0.371 e. The summed E-state index contributed by atoms with van der Waals surface area (Å²) < 4.78 is 26.2. The molecular formula is C16H15ClF2N4O. The summed E-state index contributed by atoms with van der Waals surface area (Å²) in [5.74, 6) is -1.20. The molecule has 2 atom stereocenters. The van der Waals surface area contributed by atoms with Crippen LogP contribution in [0.25, 0.3) is 0 Å². The lowest BCUT2D eigenvalue weighted by Gasteiger charge is -2.22. The van der Waals surface area contributed by atoms with E-state index in [1.165, 1.54) is 12.3 Å². The standard InChI is InChI=1S/C16H15ClF2N4O/c17-15(21-7-9-3-1-2-4-12(9)19)11-8-22-23(16(24)14(11)20)13-5-10(13)6-18/h1-4,8,10,13,20-21H,5-7H2/b15-11-,20-14?/t10-,13?/m0/s1. The fraction of sp³-hybridized carbons (Fsp3) is 0.312. The number of hydrazone groups is 1. The van der Waals surface area contributed by atoms with Crippen LogP contribution in [0.5, 0.6) is 0 Å². The lowest BCUT2D eigenvalue weighted by atomic mass is 10.1. The molecule has 0 spiro atoms. The first-order chi connectivity index (χ1) is 11.5. The van der Waals surface area contributed by atoms with Crippen LogP contribution < -0.4 is 5.32 Å². The Labute approximate surface area is 142 Å². The van der Waals surface area contributed by atoms with Gasteiger partial charge in [-0.05, 0) is 12.5 Å². The van der Waals surface area contributed by atoms with Gasteiger partial charge in [0.15, 0.2) is 0 Å². The largest absolute Gasteiger partial charge is 0.371 e. The number of nitrogens with zero attached hydrogens (tertiary/aromatic N) is 2. The second-order valence-corrected chi connectivity index (χ2v) is 6.04. The molecular weight excluding hydrogens is 338 g/mol. The molecule has 3 rings (SSSR count). The Kier molecular flexibility index (Phi) is 4.62. The van der Waals surface area contributed by atoms with Gasteiger partial charge in [-0.25, -0.2) is 9.40 Å². The molecule has 2 aliphatic rings. The Morgan fingerprint density at radius 2 is 2.21 bits per heavy atom. The number of carbonyl (C=O) groups excluding carboxylic acids is 1. The van der Waals surface area contributed by atoms with Crippen LogP contribution in [0.2, 0.25) is 0 Å². The maximum Gasteiger partial charge on any atom is 0.292 e. The third kappa shape index (κ3) is 3.17. The van der Waals surface area contributed by atoms with E-state index < -0.39 is 12.6 Å². The van der Waals surface area contributed by atoms with Gasteiger partial charge in [-0.2, -0.15) is 5.10 Å². The highest BCUT2D eigenvalue weighted by Crippen LogP contribution is 2.37. The average Bonchev–Trinajstić information content (AvgIpc) is 3.36. The molecule has 0 radical (unpaired) electrons. The number of hydrogen-bond donors (Lipinski definition) is 2. The number of nitrogens with one attached hydrogen (secondary N) is 2. The van der Waals surface area contributed by atoms with Crippen LogP contribution in [0.4, 0.5) is 8.78 Å². The van der Waals surface area contributed by atoms with Crippen LogP contribution in [0.15, 0.2) is 40.1 Å². The van der Waals surface area contributed by atoms with Gasteiger partial charge in [-0.1, -0.05) is 29.8 Å². The van der Waals surface area contributed by atoms with Crippen LogP contribution in [-0.2, 0) is 11.3 Å². The van der Waals surface area contributed by atoms with Crippen molar-refractivity contribution in [2.75, 3.05) is 6.67 Å². The third-order valence-electron chi connectivity index (χ3n) is 4.03. The molecule has 8 heteroatoms. The van der Waals surface area contributed by atoms with E-state index >= 15 is 0 Å². The van der Waals surface area contributed by atoms with Gasteiger partial charge in [-0.3, -0.25) is 14.6 Å². The van der Waals surface area contributed by atoms with Gasteiger partial charge in [0.2, 0.25) is 0 Å². The summed E-state index contributed by atoms with van der Waals surface area (Å²) in [6.45, 7) is -0.397. The summed E-state index contributed by atoms with van der Waals surface area (Å²) in [4.78, 5) is 12.2. The molecule has 1 heterocycles. The SMILES string of the molecule is N=C1C(=O)N(C2C[C@H]2CF)N=C/C1=C(\Cl)NCc1ccccc1F. The molecule has 1 unspecified atom stereocenters. The molecule has 5 nitrogen and oxygen atoms in total. The summed E-state index contributed by atoms with van der Waals surface area (Å²) in [5.41, 5.74) is 0.222. The van der Waals surface area contributed by atoms with Gasteiger partial charge in [0.1, 0.15) is 16.7 Å². The number of halogens is 3. The molecule has 126 valence electrons. The number of benzene rings is 1. The molecule has 1 aliphatic carbocycles. The minimum atomic E-state index is -0.612. The molecule has 24 heavy (non-hydrogen) atoms. The smallest absolute Gasteiger partial charge is 0.292 e. The molecule has 0 aromatic heterocycles. The van der Waals surface area contributed by atoms with E-state index in [1.807, 2.05) is 0 Å². The predicted molar refractivity (Wildman–Crippen MR) is 87.1 cm³/mol. The van der Waals surface area contributed by atoms with Crippen molar-refractivity contribution in [2.24, 2.45) is 11.0 Å². The van der Waals surface area contributed by atoms with Gasteiger partial charge in [0.25, 0.3) is 5.91 Å². The van der Waals surface area contributed by atoms with Gasteiger partial charge in [0.05, 0.1) is 24.5 Å². The summed E-state index contributed by atoms with van der Waals surface area (Å²) in [5, 5.41) is 15.9. The van der Waals surface area contributed by atoms with Crippen molar-refractivity contribution >= 4 is 29.4 Å². The topological polar surface area (TPSA) is 68.5 Å². The van der Waals surface area contributed by atoms with Crippen molar-refractivity contribution in [1.82, 2.24) is 10.3 Å². The zero-order valence-corrected chi connectivity index (χ0v) is 13.4. The van der Waals surface area contributed by atoms with Crippen LogP contribution in [0, 0.1) is 17.1 Å².